The molecule has 2 aromatic rings. The van der Waals surface area contributed by atoms with E-state index >= 15 is 0 Å². The first-order valence-corrected chi connectivity index (χ1v) is 12.3. The van der Waals surface area contributed by atoms with Gasteiger partial charge in [0.15, 0.2) is 0 Å². The Balaban J connectivity index is 1.57. The molecule has 0 unspecified atom stereocenters. The molecule has 2 fully saturated rings. The fourth-order valence-corrected chi connectivity index (χ4v) is 4.79. The number of hydrogen-bond acceptors (Lipinski definition) is 8. The van der Waals surface area contributed by atoms with E-state index in [1.807, 2.05) is 0 Å². The summed E-state index contributed by atoms with van der Waals surface area (Å²) >= 11 is 0. The summed E-state index contributed by atoms with van der Waals surface area (Å²) in [5.74, 6) is -1.87. The van der Waals surface area contributed by atoms with Crippen molar-refractivity contribution in [3.8, 4) is 5.69 Å². The molecule has 11 nitrogen and oxygen atoms in total. The minimum atomic E-state index is -0.851. The monoisotopic (exact) mass is 514 g/mol. The summed E-state index contributed by atoms with van der Waals surface area (Å²) in [7, 11) is 1.52. The summed E-state index contributed by atoms with van der Waals surface area (Å²) in [6.45, 7) is 8.70. The van der Waals surface area contributed by atoms with E-state index in [1.165, 1.54) is 16.9 Å². The molecule has 1 saturated carbocycles. The van der Waals surface area contributed by atoms with E-state index in [2.05, 4.69) is 5.10 Å². The maximum absolute atomic E-state index is 13.6. The van der Waals surface area contributed by atoms with Crippen molar-refractivity contribution in [3.05, 3.63) is 46.8 Å². The summed E-state index contributed by atoms with van der Waals surface area (Å²) in [5, 5.41) is 4.10. The molecular weight excluding hydrogens is 480 g/mol. The number of benzene rings is 1. The third-order valence-corrected chi connectivity index (χ3v) is 6.59. The fourth-order valence-electron chi connectivity index (χ4n) is 4.79. The standard InChI is InChI=1S/C26H34N4O7/c1-25(2,3)37-23(33)28(26(4,5)15-35-6)14-20(31)29-18-12-16(18)13-19(29)21(32)22-27-30(24(34)36-22)17-10-8-7-9-11-17/h7-11,16,18-19H,12-15H2,1-6H3/t16-,18-,19-/m0/s1. The third-order valence-electron chi connectivity index (χ3n) is 6.59. The number of piperidine rings is 1. The first kappa shape index (κ1) is 26.6. The van der Waals surface area contributed by atoms with Crippen LogP contribution >= 0.6 is 0 Å². The van der Waals surface area contributed by atoms with Crippen molar-refractivity contribution in [3.63, 3.8) is 0 Å². The minimum absolute atomic E-state index is 0.101. The first-order chi connectivity index (χ1) is 17.3. The molecule has 1 aromatic carbocycles. The molecule has 1 aliphatic carbocycles. The Hall–Kier alpha value is -3.47. The molecule has 11 heteroatoms. The topological polar surface area (TPSA) is 124 Å². The molecule has 0 spiro atoms. The van der Waals surface area contributed by atoms with E-state index in [4.69, 9.17) is 13.9 Å². The molecule has 2 aliphatic rings. The number of nitrogens with zero attached hydrogens (tertiary/aromatic N) is 4. The van der Waals surface area contributed by atoms with Gasteiger partial charge in [-0.3, -0.25) is 14.5 Å². The predicted molar refractivity (Wildman–Crippen MR) is 132 cm³/mol. The minimum Gasteiger partial charge on any atom is -0.444 e. The van der Waals surface area contributed by atoms with Crippen molar-refractivity contribution in [2.24, 2.45) is 5.92 Å². The highest BCUT2D eigenvalue weighted by Gasteiger charge is 2.57. The van der Waals surface area contributed by atoms with Crippen molar-refractivity contribution in [2.75, 3.05) is 20.3 Å². The number of carbonyl (C=O) groups is 3. The molecule has 1 aromatic heterocycles. The van der Waals surface area contributed by atoms with Gasteiger partial charge in [-0.15, -0.1) is 5.10 Å². The van der Waals surface area contributed by atoms with Crippen molar-refractivity contribution in [1.82, 2.24) is 19.6 Å². The van der Waals surface area contributed by atoms with Crippen LogP contribution in [0.15, 0.2) is 39.5 Å². The van der Waals surface area contributed by atoms with E-state index in [1.54, 1.807) is 65.0 Å². The number of para-hydroxylation sites is 1. The Morgan fingerprint density at radius 3 is 2.41 bits per heavy atom. The molecule has 0 radical (unpaired) electrons. The van der Waals surface area contributed by atoms with Crippen molar-refractivity contribution >= 4 is 17.8 Å². The van der Waals surface area contributed by atoms with Crippen LogP contribution in [0.2, 0.25) is 0 Å². The van der Waals surface area contributed by atoms with Crippen LogP contribution in [-0.4, -0.2) is 80.8 Å². The van der Waals surface area contributed by atoms with Crippen LogP contribution in [0.1, 0.15) is 58.1 Å². The van der Waals surface area contributed by atoms with Gasteiger partial charge in [0, 0.05) is 13.2 Å². The van der Waals surface area contributed by atoms with Crippen molar-refractivity contribution < 1.29 is 28.3 Å². The average molecular weight is 515 g/mol. The van der Waals surface area contributed by atoms with Gasteiger partial charge in [0.05, 0.1) is 17.8 Å². The van der Waals surface area contributed by atoms with E-state index in [-0.39, 0.29) is 36.9 Å². The van der Waals surface area contributed by atoms with Crippen molar-refractivity contribution in [2.45, 2.75) is 70.7 Å². The highest BCUT2D eigenvalue weighted by atomic mass is 16.6. The number of fused-ring (bicyclic) bond motifs is 1. The van der Waals surface area contributed by atoms with E-state index in [0.717, 1.165) is 11.1 Å². The highest BCUT2D eigenvalue weighted by molar-refractivity contribution is 5.99. The van der Waals surface area contributed by atoms with Crippen LogP contribution < -0.4 is 5.76 Å². The molecule has 2 amide bonds. The third kappa shape index (κ3) is 5.61. The second kappa shape index (κ2) is 9.77. The number of carbonyl (C=O) groups excluding carboxylic acids is 3. The molecule has 2 heterocycles. The summed E-state index contributed by atoms with van der Waals surface area (Å²) in [6, 6.07) is 7.69. The number of likely N-dealkylation sites (tertiary alicyclic amines) is 1. The Morgan fingerprint density at radius 1 is 1.11 bits per heavy atom. The van der Waals surface area contributed by atoms with Gasteiger partial charge in [0.1, 0.15) is 18.2 Å². The predicted octanol–water partition coefficient (Wildman–Crippen LogP) is 2.66. The van der Waals surface area contributed by atoms with Gasteiger partial charge in [0.25, 0.3) is 5.89 Å². The molecule has 1 saturated heterocycles. The zero-order valence-electron chi connectivity index (χ0n) is 22.1. The molecule has 0 N–H and O–H groups in total. The number of hydrogen-bond donors (Lipinski definition) is 0. The summed E-state index contributed by atoms with van der Waals surface area (Å²) in [4.78, 5) is 55.4. The van der Waals surface area contributed by atoms with E-state index < -0.39 is 34.8 Å². The smallest absolute Gasteiger partial charge is 0.442 e. The Kier molecular flexibility index (Phi) is 7.02. The molecule has 200 valence electrons. The number of ketones is 1. The van der Waals surface area contributed by atoms with Gasteiger partial charge >= 0.3 is 11.8 Å². The van der Waals surface area contributed by atoms with Crippen molar-refractivity contribution in [1.29, 1.82) is 0 Å². The lowest BCUT2D eigenvalue weighted by atomic mass is 10.0. The maximum atomic E-state index is 13.6. The van der Waals surface area contributed by atoms with Gasteiger partial charge in [0.2, 0.25) is 11.7 Å². The number of rotatable bonds is 8. The summed E-state index contributed by atoms with van der Waals surface area (Å²) < 4.78 is 17.1. The van der Waals surface area contributed by atoms with Crippen LogP contribution in [0.25, 0.3) is 5.69 Å². The molecule has 0 bridgehead atoms. The first-order valence-electron chi connectivity index (χ1n) is 12.3. The average Bonchev–Trinajstić information content (AvgIpc) is 3.29. The lowest BCUT2D eigenvalue weighted by molar-refractivity contribution is -0.135. The Bertz CT molecular complexity index is 1230. The number of methoxy groups -OCH3 is 1. The summed E-state index contributed by atoms with van der Waals surface area (Å²) in [5.41, 5.74) is -1.15. The van der Waals surface area contributed by atoms with E-state index in [9.17, 15) is 19.2 Å². The van der Waals surface area contributed by atoms with Gasteiger partial charge in [-0.25, -0.2) is 9.59 Å². The second-order valence-electron chi connectivity index (χ2n) is 11.2. The van der Waals surface area contributed by atoms with Crippen LogP contribution in [0.3, 0.4) is 0 Å². The van der Waals surface area contributed by atoms with Crippen LogP contribution in [0.4, 0.5) is 4.79 Å². The zero-order chi connectivity index (χ0) is 27.1. The maximum Gasteiger partial charge on any atom is 0.442 e. The van der Waals surface area contributed by atoms with E-state index in [0.29, 0.717) is 12.1 Å². The molecule has 37 heavy (non-hydrogen) atoms. The molecule has 3 atom stereocenters. The SMILES string of the molecule is COCC(C)(C)N(CC(=O)N1[C@H](C(=O)c2nn(-c3ccccc3)c(=O)o2)C[C@@H]2C[C@@H]21)C(=O)OC(C)(C)C. The molecule has 1 aliphatic heterocycles. The number of ether oxygens (including phenoxy) is 2. The fraction of sp³-hybridized carbons (Fsp3) is 0.577. The van der Waals surface area contributed by atoms with Crippen LogP contribution in [-0.2, 0) is 14.3 Å². The summed E-state index contributed by atoms with van der Waals surface area (Å²) in [6.07, 6.45) is 0.585. The Morgan fingerprint density at radius 2 is 1.78 bits per heavy atom. The number of amides is 2. The zero-order valence-corrected chi connectivity index (χ0v) is 22.1. The largest absolute Gasteiger partial charge is 0.444 e. The molecule has 4 rings (SSSR count). The van der Waals surface area contributed by atoms with Gasteiger partial charge < -0.3 is 18.8 Å². The normalized spacial score (nSPS) is 20.9. The quantitative estimate of drug-likeness (QED) is 0.493. The van der Waals surface area contributed by atoms with Crippen LogP contribution in [0.5, 0.6) is 0 Å². The second-order valence-corrected chi connectivity index (χ2v) is 11.2. The highest BCUT2D eigenvalue weighted by Crippen LogP contribution is 2.48. The van der Waals surface area contributed by atoms with Crippen LogP contribution in [0, 0.1) is 5.92 Å². The number of aromatic nitrogens is 2. The van der Waals surface area contributed by atoms with Gasteiger partial charge in [-0.1, -0.05) is 18.2 Å². The van der Waals surface area contributed by atoms with Gasteiger partial charge in [-0.2, -0.15) is 4.68 Å². The molecular formula is C26H34N4O7. The lowest BCUT2D eigenvalue weighted by Crippen LogP contribution is -2.57. The number of Topliss-reactive ketones (excluding diaryl/α,β-unsaturated/α-hetero) is 1. The lowest BCUT2D eigenvalue weighted by Gasteiger charge is -2.39. The Labute approximate surface area is 215 Å². The van der Waals surface area contributed by atoms with Gasteiger partial charge in [-0.05, 0) is 65.5 Å².